The van der Waals surface area contributed by atoms with E-state index in [-0.39, 0.29) is 5.75 Å². The lowest BCUT2D eigenvalue weighted by Gasteiger charge is -2.38. The minimum Gasteiger partial charge on any atom is -0.444 e. The maximum Gasteiger partial charge on any atom is 0.573 e. The summed E-state index contributed by atoms with van der Waals surface area (Å²) in [5.74, 6) is -0.294. The summed E-state index contributed by atoms with van der Waals surface area (Å²) in [4.78, 5) is 13.7. The number of likely N-dealkylation sites (tertiary alicyclic amines) is 1. The van der Waals surface area contributed by atoms with Crippen LogP contribution in [0.1, 0.15) is 39.2 Å². The van der Waals surface area contributed by atoms with Crippen molar-refractivity contribution in [1.29, 1.82) is 5.26 Å². The smallest absolute Gasteiger partial charge is 0.444 e. The summed E-state index contributed by atoms with van der Waals surface area (Å²) in [6.45, 7) is 6.18. The van der Waals surface area contributed by atoms with Crippen LogP contribution in [0.4, 0.5) is 18.0 Å². The molecule has 1 aromatic carbocycles. The van der Waals surface area contributed by atoms with E-state index < -0.39 is 23.5 Å². The van der Waals surface area contributed by atoms with E-state index in [9.17, 15) is 23.2 Å². The van der Waals surface area contributed by atoms with Crippen LogP contribution in [0.25, 0.3) is 0 Å². The number of halogens is 3. The molecule has 0 spiro atoms. The van der Waals surface area contributed by atoms with Gasteiger partial charge in [-0.1, -0.05) is 12.1 Å². The highest BCUT2D eigenvalue weighted by Gasteiger charge is 2.37. The second kappa shape index (κ2) is 7.67. The summed E-state index contributed by atoms with van der Waals surface area (Å²) in [5.41, 5.74) is -0.497. The van der Waals surface area contributed by atoms with E-state index in [2.05, 4.69) is 10.8 Å². The summed E-state index contributed by atoms with van der Waals surface area (Å²) in [6, 6.07) is 7.87. The highest BCUT2D eigenvalue weighted by molar-refractivity contribution is 5.68. The van der Waals surface area contributed by atoms with Gasteiger partial charge in [0.15, 0.2) is 0 Å². The second-order valence-electron chi connectivity index (χ2n) is 7.73. The molecule has 0 aromatic heterocycles. The number of piperidine rings is 1. The molecule has 2 rings (SSSR count). The van der Waals surface area contributed by atoms with E-state index in [0.717, 1.165) is 5.56 Å². The highest BCUT2D eigenvalue weighted by Crippen LogP contribution is 2.35. The topological polar surface area (TPSA) is 62.6 Å². The standard InChI is InChI=1S/C19H23F3N2O3/c1-17(2,3)27-16(25)24-10-8-18(13-23,9-11-24)12-14-4-6-15(7-5-14)26-19(20,21)22/h4-7H,8-12H2,1-3H3. The van der Waals surface area contributed by atoms with Crippen molar-refractivity contribution < 1.29 is 27.4 Å². The van der Waals surface area contributed by atoms with Crippen LogP contribution in [0.2, 0.25) is 0 Å². The van der Waals surface area contributed by atoms with Gasteiger partial charge in [0, 0.05) is 13.1 Å². The lowest BCUT2D eigenvalue weighted by atomic mass is 9.75. The summed E-state index contributed by atoms with van der Waals surface area (Å²) in [7, 11) is 0. The molecule has 1 saturated heterocycles. The molecule has 148 valence electrons. The third-order valence-electron chi connectivity index (χ3n) is 4.31. The molecule has 1 fully saturated rings. The molecule has 0 N–H and O–H groups in total. The molecule has 1 heterocycles. The summed E-state index contributed by atoms with van der Waals surface area (Å²) >= 11 is 0. The Morgan fingerprint density at radius 3 is 2.19 bits per heavy atom. The molecule has 0 aliphatic carbocycles. The Bertz CT molecular complexity index is 695. The number of ether oxygens (including phenoxy) is 2. The first kappa shape index (κ1) is 20.9. The number of alkyl halides is 3. The van der Waals surface area contributed by atoms with E-state index in [0.29, 0.717) is 32.4 Å². The Hall–Kier alpha value is -2.43. The zero-order valence-corrected chi connectivity index (χ0v) is 15.6. The van der Waals surface area contributed by atoms with Gasteiger partial charge in [0.25, 0.3) is 0 Å². The summed E-state index contributed by atoms with van der Waals surface area (Å²) in [6.07, 6.45) is -3.78. The molecule has 1 aliphatic heterocycles. The minimum atomic E-state index is -4.73. The number of benzene rings is 1. The molecular formula is C19H23F3N2O3. The van der Waals surface area contributed by atoms with E-state index in [1.165, 1.54) is 24.3 Å². The SMILES string of the molecule is CC(C)(C)OC(=O)N1CCC(C#N)(Cc2ccc(OC(F)(F)F)cc2)CC1. The van der Waals surface area contributed by atoms with Gasteiger partial charge in [-0.15, -0.1) is 13.2 Å². The maximum atomic E-state index is 12.2. The van der Waals surface area contributed by atoms with Gasteiger partial charge in [-0.3, -0.25) is 0 Å². The largest absolute Gasteiger partial charge is 0.573 e. The Kier molecular flexibility index (Phi) is 5.93. The molecule has 0 atom stereocenters. The highest BCUT2D eigenvalue weighted by atomic mass is 19.4. The van der Waals surface area contributed by atoms with Gasteiger partial charge in [0.2, 0.25) is 0 Å². The zero-order chi connectivity index (χ0) is 20.3. The molecule has 0 saturated carbocycles. The molecule has 0 unspecified atom stereocenters. The number of rotatable bonds is 3. The van der Waals surface area contributed by atoms with Gasteiger partial charge in [-0.25, -0.2) is 4.79 Å². The molecule has 1 amide bonds. The van der Waals surface area contributed by atoms with Gasteiger partial charge in [-0.05, 0) is 57.7 Å². The van der Waals surface area contributed by atoms with Gasteiger partial charge in [0.1, 0.15) is 11.4 Å². The van der Waals surface area contributed by atoms with Crippen LogP contribution in [0.15, 0.2) is 24.3 Å². The lowest BCUT2D eigenvalue weighted by molar-refractivity contribution is -0.274. The zero-order valence-electron chi connectivity index (χ0n) is 15.6. The first-order valence-corrected chi connectivity index (χ1v) is 8.65. The van der Waals surface area contributed by atoms with Gasteiger partial charge >= 0.3 is 12.5 Å². The average molecular weight is 384 g/mol. The van der Waals surface area contributed by atoms with Crippen molar-refractivity contribution in [1.82, 2.24) is 4.90 Å². The molecule has 8 heteroatoms. The second-order valence-corrected chi connectivity index (χ2v) is 7.73. The monoisotopic (exact) mass is 384 g/mol. The van der Waals surface area contributed by atoms with E-state index >= 15 is 0 Å². The van der Waals surface area contributed by atoms with Crippen molar-refractivity contribution >= 4 is 6.09 Å². The molecule has 1 aliphatic rings. The van der Waals surface area contributed by atoms with E-state index in [1.807, 2.05) is 0 Å². The van der Waals surface area contributed by atoms with Crippen LogP contribution in [-0.4, -0.2) is 36.0 Å². The lowest BCUT2D eigenvalue weighted by Crippen LogP contribution is -2.45. The third-order valence-corrected chi connectivity index (χ3v) is 4.31. The number of hydrogen-bond donors (Lipinski definition) is 0. The fraction of sp³-hybridized carbons (Fsp3) is 0.579. The summed E-state index contributed by atoms with van der Waals surface area (Å²) < 4.78 is 45.9. The Morgan fingerprint density at radius 2 is 1.74 bits per heavy atom. The molecule has 5 nitrogen and oxygen atoms in total. The van der Waals surface area contributed by atoms with Gasteiger partial charge in [0.05, 0.1) is 11.5 Å². The number of hydrogen-bond acceptors (Lipinski definition) is 4. The van der Waals surface area contributed by atoms with Crippen molar-refractivity contribution in [2.45, 2.75) is 52.0 Å². The quantitative estimate of drug-likeness (QED) is 0.760. The van der Waals surface area contributed by atoms with Crippen LogP contribution in [0.3, 0.4) is 0 Å². The maximum absolute atomic E-state index is 12.2. The number of carbonyl (C=O) groups excluding carboxylic acids is 1. The minimum absolute atomic E-state index is 0.294. The first-order chi connectivity index (χ1) is 12.4. The van der Waals surface area contributed by atoms with E-state index in [4.69, 9.17) is 4.74 Å². The fourth-order valence-electron chi connectivity index (χ4n) is 2.97. The average Bonchev–Trinajstić information content (AvgIpc) is 2.54. The molecule has 0 radical (unpaired) electrons. The van der Waals surface area contributed by atoms with Crippen LogP contribution in [-0.2, 0) is 11.2 Å². The fourth-order valence-corrected chi connectivity index (χ4v) is 2.97. The van der Waals surface area contributed by atoms with Gasteiger partial charge in [-0.2, -0.15) is 5.26 Å². The molecule has 0 bridgehead atoms. The van der Waals surface area contributed by atoms with E-state index in [1.54, 1.807) is 25.7 Å². The number of amides is 1. The van der Waals surface area contributed by atoms with Crippen molar-refractivity contribution in [3.63, 3.8) is 0 Å². The predicted octanol–water partition coefficient (Wildman–Crippen LogP) is 4.67. The predicted molar refractivity (Wildman–Crippen MR) is 91.9 cm³/mol. The molecular weight excluding hydrogens is 361 g/mol. The number of carbonyl (C=O) groups is 1. The number of nitriles is 1. The molecule has 1 aromatic rings. The third kappa shape index (κ3) is 6.35. The normalized spacial score (nSPS) is 17.1. The van der Waals surface area contributed by atoms with Gasteiger partial charge < -0.3 is 14.4 Å². The Morgan fingerprint density at radius 1 is 1.19 bits per heavy atom. The number of nitrogens with zero attached hydrogens (tertiary/aromatic N) is 2. The van der Waals surface area contributed by atoms with Crippen LogP contribution >= 0.6 is 0 Å². The van der Waals surface area contributed by atoms with Crippen molar-refractivity contribution in [3.8, 4) is 11.8 Å². The van der Waals surface area contributed by atoms with Crippen molar-refractivity contribution in [2.75, 3.05) is 13.1 Å². The van der Waals surface area contributed by atoms with Crippen molar-refractivity contribution in [2.24, 2.45) is 5.41 Å². The van der Waals surface area contributed by atoms with Crippen LogP contribution in [0, 0.1) is 16.7 Å². The van der Waals surface area contributed by atoms with Crippen molar-refractivity contribution in [3.05, 3.63) is 29.8 Å². The van der Waals surface area contributed by atoms with Crippen LogP contribution < -0.4 is 4.74 Å². The first-order valence-electron chi connectivity index (χ1n) is 8.65. The molecule has 27 heavy (non-hydrogen) atoms. The Balaban J connectivity index is 1.98. The van der Waals surface area contributed by atoms with Crippen LogP contribution in [0.5, 0.6) is 5.75 Å². The summed E-state index contributed by atoms with van der Waals surface area (Å²) in [5, 5.41) is 9.66. The Labute approximate surface area is 156 Å².